The first-order chi connectivity index (χ1) is 12.8. The van der Waals surface area contributed by atoms with Crippen LogP contribution in [-0.2, 0) is 16.4 Å². The summed E-state index contributed by atoms with van der Waals surface area (Å²) in [5.41, 5.74) is 5.59. The van der Waals surface area contributed by atoms with Crippen LogP contribution in [0.15, 0.2) is 76.7 Å². The van der Waals surface area contributed by atoms with Gasteiger partial charge in [0.25, 0.3) is 5.91 Å². The Morgan fingerprint density at radius 3 is 2.32 bits per heavy atom. The highest BCUT2D eigenvalue weighted by atomic mass is 35.5. The number of hydrogen-bond donors (Lipinski definition) is 2. The molecule has 1 aromatic heterocycles. The molecule has 3 N–H and O–H groups in total. The van der Waals surface area contributed by atoms with Crippen LogP contribution in [0, 0.1) is 5.41 Å². The maximum Gasteiger partial charge on any atom is 0.252 e. The van der Waals surface area contributed by atoms with Crippen molar-refractivity contribution in [2.24, 2.45) is 5.73 Å². The van der Waals surface area contributed by atoms with Crippen molar-refractivity contribution in [3.05, 3.63) is 88.5 Å². The van der Waals surface area contributed by atoms with E-state index in [1.54, 1.807) is 36.4 Å². The highest BCUT2D eigenvalue weighted by Gasteiger charge is 2.21. The number of nitrogens with one attached hydrogen (secondary N) is 1. The minimum atomic E-state index is -3.74. The van der Waals surface area contributed by atoms with Gasteiger partial charge in [0.2, 0.25) is 9.84 Å². The molecule has 0 unspecified atom stereocenters. The second kappa shape index (κ2) is 8.60. The molecule has 0 aliphatic heterocycles. The standard InChI is InChI=1S/C19H16ClN3O3S.ClH/c20-14-10-16(19(22)24)18(21)23(12-14)11-13-6-4-5-9-17(13)27(25,26)15-7-2-1-3-8-15;/h1-10,12,21H,11H2,(H2,22,24);1H. The van der Waals surface area contributed by atoms with Gasteiger partial charge in [-0.2, -0.15) is 0 Å². The third kappa shape index (κ3) is 4.27. The Hall–Kier alpha value is -2.61. The van der Waals surface area contributed by atoms with Crippen LogP contribution in [0.25, 0.3) is 0 Å². The zero-order chi connectivity index (χ0) is 19.6. The Morgan fingerprint density at radius 2 is 1.68 bits per heavy atom. The van der Waals surface area contributed by atoms with Crippen LogP contribution in [0.4, 0.5) is 0 Å². The molecule has 9 heteroatoms. The van der Waals surface area contributed by atoms with Crippen molar-refractivity contribution in [2.45, 2.75) is 16.3 Å². The fourth-order valence-corrected chi connectivity index (χ4v) is 4.46. The highest BCUT2D eigenvalue weighted by Crippen LogP contribution is 2.24. The Labute approximate surface area is 173 Å². The predicted molar refractivity (Wildman–Crippen MR) is 109 cm³/mol. The number of aromatic nitrogens is 1. The zero-order valence-corrected chi connectivity index (χ0v) is 16.9. The lowest BCUT2D eigenvalue weighted by Gasteiger charge is -2.14. The Balaban J connectivity index is 0.00000280. The molecule has 3 aromatic rings. The summed E-state index contributed by atoms with van der Waals surface area (Å²) in [6, 6.07) is 15.9. The van der Waals surface area contributed by atoms with Crippen molar-refractivity contribution in [1.82, 2.24) is 4.57 Å². The normalized spacial score (nSPS) is 10.9. The molecule has 0 fully saturated rings. The molecular weight excluding hydrogens is 421 g/mol. The van der Waals surface area contributed by atoms with Gasteiger partial charge >= 0.3 is 0 Å². The number of nitrogens with two attached hydrogens (primary N) is 1. The van der Waals surface area contributed by atoms with Gasteiger partial charge in [0, 0.05) is 6.20 Å². The van der Waals surface area contributed by atoms with Crippen molar-refractivity contribution in [2.75, 3.05) is 0 Å². The first-order valence-corrected chi connectivity index (χ1v) is 9.79. The van der Waals surface area contributed by atoms with E-state index in [0.29, 0.717) is 5.56 Å². The summed E-state index contributed by atoms with van der Waals surface area (Å²) in [4.78, 5) is 11.8. The molecule has 0 bridgehead atoms. The number of amides is 1. The quantitative estimate of drug-likeness (QED) is 0.640. The monoisotopic (exact) mass is 437 g/mol. The van der Waals surface area contributed by atoms with Crippen LogP contribution in [0.2, 0.25) is 5.02 Å². The topological polar surface area (TPSA) is 106 Å². The second-order valence-corrected chi connectivity index (χ2v) is 8.19. The van der Waals surface area contributed by atoms with Gasteiger partial charge in [-0.25, -0.2) is 8.42 Å². The number of rotatable bonds is 5. The van der Waals surface area contributed by atoms with Gasteiger partial charge in [0.15, 0.2) is 0 Å². The van der Waals surface area contributed by atoms with E-state index in [-0.39, 0.29) is 44.8 Å². The highest BCUT2D eigenvalue weighted by molar-refractivity contribution is 7.91. The summed E-state index contributed by atoms with van der Waals surface area (Å²) in [6.45, 7) is 0.0436. The summed E-state index contributed by atoms with van der Waals surface area (Å²) in [7, 11) is -3.74. The molecule has 0 aliphatic rings. The Morgan fingerprint density at radius 1 is 1.07 bits per heavy atom. The molecule has 146 valence electrons. The maximum atomic E-state index is 13.0. The fraction of sp³-hybridized carbons (Fsp3) is 0.0526. The first-order valence-electron chi connectivity index (χ1n) is 7.93. The number of carbonyl (C=O) groups excluding carboxylic acids is 1. The van der Waals surface area contributed by atoms with Gasteiger partial charge in [-0.1, -0.05) is 48.0 Å². The van der Waals surface area contributed by atoms with E-state index in [1.165, 1.54) is 35.0 Å². The summed E-state index contributed by atoms with van der Waals surface area (Å²) >= 11 is 6.03. The van der Waals surface area contributed by atoms with Crippen molar-refractivity contribution in [1.29, 1.82) is 5.41 Å². The number of sulfone groups is 1. The smallest absolute Gasteiger partial charge is 0.252 e. The Bertz CT molecular complexity index is 1180. The number of hydrogen-bond acceptors (Lipinski definition) is 4. The summed E-state index contributed by atoms with van der Waals surface area (Å²) in [6.07, 6.45) is 1.46. The Kier molecular flexibility index (Phi) is 6.66. The summed E-state index contributed by atoms with van der Waals surface area (Å²) in [5.74, 6) is -0.776. The van der Waals surface area contributed by atoms with Crippen LogP contribution >= 0.6 is 24.0 Å². The van der Waals surface area contributed by atoms with Gasteiger partial charge in [0.1, 0.15) is 5.49 Å². The van der Waals surface area contributed by atoms with Crippen molar-refractivity contribution in [3.8, 4) is 0 Å². The van der Waals surface area contributed by atoms with E-state index in [4.69, 9.17) is 22.7 Å². The first kappa shape index (κ1) is 21.7. The lowest BCUT2D eigenvalue weighted by atomic mass is 10.2. The summed E-state index contributed by atoms with van der Waals surface area (Å²) in [5, 5.41) is 8.39. The molecule has 2 aromatic carbocycles. The van der Waals surface area contributed by atoms with Crippen LogP contribution in [0.1, 0.15) is 15.9 Å². The molecular formula is C19H17Cl2N3O3S. The van der Waals surface area contributed by atoms with Gasteiger partial charge in [-0.3, -0.25) is 10.2 Å². The van der Waals surface area contributed by atoms with E-state index >= 15 is 0 Å². The molecule has 6 nitrogen and oxygen atoms in total. The van der Waals surface area contributed by atoms with Gasteiger partial charge in [-0.15, -0.1) is 12.4 Å². The number of carbonyl (C=O) groups is 1. The van der Waals surface area contributed by atoms with Gasteiger partial charge in [0.05, 0.1) is 26.9 Å². The maximum absolute atomic E-state index is 13.0. The van der Waals surface area contributed by atoms with E-state index in [0.717, 1.165) is 0 Å². The number of nitrogens with zero attached hydrogens (tertiary/aromatic N) is 1. The number of halogens is 2. The fourth-order valence-electron chi connectivity index (χ4n) is 2.73. The number of primary amides is 1. The predicted octanol–water partition coefficient (Wildman–Crippen LogP) is 3.02. The molecule has 0 saturated heterocycles. The molecule has 3 rings (SSSR count). The molecule has 0 radical (unpaired) electrons. The second-order valence-electron chi connectivity index (χ2n) is 5.84. The average molecular weight is 438 g/mol. The van der Waals surface area contributed by atoms with Crippen molar-refractivity contribution >= 4 is 39.8 Å². The van der Waals surface area contributed by atoms with Gasteiger partial charge < -0.3 is 10.3 Å². The van der Waals surface area contributed by atoms with Crippen molar-refractivity contribution < 1.29 is 13.2 Å². The molecule has 1 amide bonds. The lowest BCUT2D eigenvalue weighted by Crippen LogP contribution is -2.30. The van der Waals surface area contributed by atoms with E-state index < -0.39 is 15.7 Å². The molecule has 0 spiro atoms. The van der Waals surface area contributed by atoms with Crippen LogP contribution in [0.5, 0.6) is 0 Å². The minimum absolute atomic E-state index is 0. The van der Waals surface area contributed by atoms with E-state index in [1.807, 2.05) is 0 Å². The van der Waals surface area contributed by atoms with Crippen LogP contribution in [0.3, 0.4) is 0 Å². The molecule has 1 heterocycles. The third-order valence-corrected chi connectivity index (χ3v) is 6.10. The summed E-state index contributed by atoms with van der Waals surface area (Å²) < 4.78 is 27.4. The molecule has 0 aliphatic carbocycles. The average Bonchev–Trinajstić information content (AvgIpc) is 2.65. The third-order valence-electron chi connectivity index (χ3n) is 4.03. The van der Waals surface area contributed by atoms with Crippen LogP contribution < -0.4 is 11.2 Å². The SMILES string of the molecule is Cl.N=c1c(C(N)=O)cc(Cl)cn1Cc1ccccc1S(=O)(=O)c1ccccc1. The van der Waals surface area contributed by atoms with Crippen molar-refractivity contribution in [3.63, 3.8) is 0 Å². The largest absolute Gasteiger partial charge is 0.365 e. The van der Waals surface area contributed by atoms with Gasteiger partial charge in [-0.05, 0) is 29.8 Å². The molecule has 28 heavy (non-hydrogen) atoms. The lowest BCUT2D eigenvalue weighted by molar-refractivity contribution is 0.0997. The molecule has 0 atom stereocenters. The van der Waals surface area contributed by atoms with E-state index in [2.05, 4.69) is 0 Å². The number of pyridine rings is 1. The zero-order valence-electron chi connectivity index (χ0n) is 14.5. The molecule has 0 saturated carbocycles. The van der Waals surface area contributed by atoms with E-state index in [9.17, 15) is 13.2 Å². The van der Waals surface area contributed by atoms with Crippen LogP contribution in [-0.4, -0.2) is 18.9 Å². The number of benzene rings is 2. The minimum Gasteiger partial charge on any atom is -0.365 e.